The standard InChI is InChI=1S/C16H23NO3/c1-12(18)15-7-4-8-17(11-15)10-13-5-3-6-14(9-13)16(19)20-2/h3,5-6,9,12,15,18H,4,7-8,10-11H2,1-2H3. The number of benzene rings is 1. The van der Waals surface area contributed by atoms with Crippen molar-refractivity contribution in [3.63, 3.8) is 0 Å². The van der Waals surface area contributed by atoms with Crippen molar-refractivity contribution in [3.05, 3.63) is 35.4 Å². The van der Waals surface area contributed by atoms with Gasteiger partial charge >= 0.3 is 5.97 Å². The summed E-state index contributed by atoms with van der Waals surface area (Å²) in [6, 6.07) is 7.57. The number of rotatable bonds is 4. The van der Waals surface area contributed by atoms with Gasteiger partial charge in [-0.05, 0) is 49.9 Å². The molecule has 4 heteroatoms. The highest BCUT2D eigenvalue weighted by Gasteiger charge is 2.23. The van der Waals surface area contributed by atoms with Crippen LogP contribution in [0.2, 0.25) is 0 Å². The van der Waals surface area contributed by atoms with Gasteiger partial charge in [0.05, 0.1) is 18.8 Å². The summed E-state index contributed by atoms with van der Waals surface area (Å²) in [5, 5.41) is 9.72. The maximum atomic E-state index is 11.5. The van der Waals surface area contributed by atoms with Crippen molar-refractivity contribution in [1.82, 2.24) is 4.90 Å². The van der Waals surface area contributed by atoms with Gasteiger partial charge in [-0.25, -0.2) is 4.79 Å². The molecule has 1 N–H and O–H groups in total. The molecule has 0 aliphatic carbocycles. The number of carbonyl (C=O) groups excluding carboxylic acids is 1. The summed E-state index contributed by atoms with van der Waals surface area (Å²) in [6.45, 7) is 4.64. The van der Waals surface area contributed by atoms with Crippen molar-refractivity contribution < 1.29 is 14.6 Å². The highest BCUT2D eigenvalue weighted by atomic mass is 16.5. The molecule has 4 nitrogen and oxygen atoms in total. The predicted octanol–water partition coefficient (Wildman–Crippen LogP) is 2.07. The van der Waals surface area contributed by atoms with Crippen molar-refractivity contribution >= 4 is 5.97 Å². The first-order chi connectivity index (χ1) is 9.60. The lowest BCUT2D eigenvalue weighted by Gasteiger charge is -2.34. The number of methoxy groups -OCH3 is 1. The van der Waals surface area contributed by atoms with E-state index in [1.807, 2.05) is 25.1 Å². The van der Waals surface area contributed by atoms with E-state index in [9.17, 15) is 9.90 Å². The fourth-order valence-electron chi connectivity index (χ4n) is 2.80. The van der Waals surface area contributed by atoms with Crippen LogP contribution < -0.4 is 0 Å². The lowest BCUT2D eigenvalue weighted by atomic mass is 9.93. The molecule has 110 valence electrons. The molecule has 1 heterocycles. The fraction of sp³-hybridized carbons (Fsp3) is 0.562. The largest absolute Gasteiger partial charge is 0.465 e. The first-order valence-electron chi connectivity index (χ1n) is 7.18. The van der Waals surface area contributed by atoms with Crippen LogP contribution in [0.3, 0.4) is 0 Å². The van der Waals surface area contributed by atoms with E-state index >= 15 is 0 Å². The van der Waals surface area contributed by atoms with Gasteiger partial charge in [0.25, 0.3) is 0 Å². The summed E-state index contributed by atoms with van der Waals surface area (Å²) in [5.74, 6) is 0.0555. The van der Waals surface area contributed by atoms with Crippen LogP contribution in [0, 0.1) is 5.92 Å². The van der Waals surface area contributed by atoms with E-state index < -0.39 is 0 Å². The van der Waals surface area contributed by atoms with E-state index in [0.29, 0.717) is 11.5 Å². The zero-order valence-corrected chi connectivity index (χ0v) is 12.2. The molecular formula is C16H23NO3. The lowest BCUT2D eigenvalue weighted by molar-refractivity contribution is 0.0594. The molecule has 2 atom stereocenters. The van der Waals surface area contributed by atoms with Crippen LogP contribution in [0.15, 0.2) is 24.3 Å². The second kappa shape index (κ2) is 6.86. The molecule has 2 unspecified atom stereocenters. The van der Waals surface area contributed by atoms with Crippen LogP contribution in [0.25, 0.3) is 0 Å². The number of aliphatic hydroxyl groups is 1. The summed E-state index contributed by atoms with van der Waals surface area (Å²) < 4.78 is 4.74. The van der Waals surface area contributed by atoms with Gasteiger partial charge < -0.3 is 9.84 Å². The molecule has 0 amide bonds. The van der Waals surface area contributed by atoms with Crippen LogP contribution in [-0.2, 0) is 11.3 Å². The average molecular weight is 277 g/mol. The van der Waals surface area contributed by atoms with E-state index in [-0.39, 0.29) is 12.1 Å². The topological polar surface area (TPSA) is 49.8 Å². The number of hydrogen-bond acceptors (Lipinski definition) is 4. The number of piperidine rings is 1. The van der Waals surface area contributed by atoms with Crippen LogP contribution in [0.4, 0.5) is 0 Å². The van der Waals surface area contributed by atoms with Gasteiger partial charge in [-0.1, -0.05) is 12.1 Å². The van der Waals surface area contributed by atoms with Gasteiger partial charge in [-0.15, -0.1) is 0 Å². The summed E-state index contributed by atoms with van der Waals surface area (Å²) in [6.07, 6.45) is 1.96. The van der Waals surface area contributed by atoms with Crippen LogP contribution in [-0.4, -0.2) is 42.3 Å². The first-order valence-corrected chi connectivity index (χ1v) is 7.18. The van der Waals surface area contributed by atoms with E-state index in [4.69, 9.17) is 4.74 Å². The van der Waals surface area contributed by atoms with Crippen molar-refractivity contribution in [2.24, 2.45) is 5.92 Å². The van der Waals surface area contributed by atoms with E-state index in [2.05, 4.69) is 4.90 Å². The average Bonchev–Trinajstić information content (AvgIpc) is 2.47. The summed E-state index contributed by atoms with van der Waals surface area (Å²) >= 11 is 0. The Kier molecular flexibility index (Phi) is 5.15. The second-order valence-electron chi connectivity index (χ2n) is 5.57. The Morgan fingerprint density at radius 3 is 3.05 bits per heavy atom. The molecule has 0 radical (unpaired) electrons. The summed E-state index contributed by atoms with van der Waals surface area (Å²) in [5.41, 5.74) is 1.70. The van der Waals surface area contributed by atoms with E-state index in [0.717, 1.165) is 38.0 Å². The van der Waals surface area contributed by atoms with Gasteiger partial charge in [0.1, 0.15) is 0 Å². The van der Waals surface area contributed by atoms with Crippen molar-refractivity contribution in [2.45, 2.75) is 32.4 Å². The molecule has 1 aliphatic rings. The zero-order valence-electron chi connectivity index (χ0n) is 12.2. The maximum absolute atomic E-state index is 11.5. The minimum atomic E-state index is -0.299. The molecule has 0 aromatic heterocycles. The normalized spacial score (nSPS) is 21.4. The minimum Gasteiger partial charge on any atom is -0.465 e. The Labute approximate surface area is 120 Å². The second-order valence-corrected chi connectivity index (χ2v) is 5.57. The van der Waals surface area contributed by atoms with Crippen LogP contribution >= 0.6 is 0 Å². The Morgan fingerprint density at radius 1 is 1.55 bits per heavy atom. The molecule has 0 bridgehead atoms. The first kappa shape index (κ1) is 15.0. The van der Waals surface area contributed by atoms with Crippen molar-refractivity contribution in [2.75, 3.05) is 20.2 Å². The zero-order chi connectivity index (χ0) is 14.5. The number of aliphatic hydroxyl groups excluding tert-OH is 1. The van der Waals surface area contributed by atoms with E-state index in [1.165, 1.54) is 7.11 Å². The molecule has 2 rings (SSSR count). The van der Waals surface area contributed by atoms with Gasteiger partial charge in [0, 0.05) is 13.1 Å². The highest BCUT2D eigenvalue weighted by molar-refractivity contribution is 5.89. The molecule has 1 aromatic carbocycles. The summed E-state index contributed by atoms with van der Waals surface area (Å²) in [7, 11) is 1.40. The Hall–Kier alpha value is -1.39. The molecular weight excluding hydrogens is 254 g/mol. The minimum absolute atomic E-state index is 0.251. The fourth-order valence-corrected chi connectivity index (χ4v) is 2.80. The van der Waals surface area contributed by atoms with Crippen molar-refractivity contribution in [3.8, 4) is 0 Å². The lowest BCUT2D eigenvalue weighted by Crippen LogP contribution is -2.39. The quantitative estimate of drug-likeness (QED) is 0.856. The van der Waals surface area contributed by atoms with Gasteiger partial charge in [0.2, 0.25) is 0 Å². The third-order valence-electron chi connectivity index (χ3n) is 3.98. The Morgan fingerprint density at radius 2 is 2.35 bits per heavy atom. The van der Waals surface area contributed by atoms with E-state index in [1.54, 1.807) is 6.07 Å². The number of likely N-dealkylation sites (tertiary alicyclic amines) is 1. The number of hydrogen-bond donors (Lipinski definition) is 1. The number of nitrogens with zero attached hydrogens (tertiary/aromatic N) is 1. The van der Waals surface area contributed by atoms with Crippen LogP contribution in [0.5, 0.6) is 0 Å². The monoisotopic (exact) mass is 277 g/mol. The molecule has 1 aromatic rings. The highest BCUT2D eigenvalue weighted by Crippen LogP contribution is 2.21. The Balaban J connectivity index is 2.01. The third-order valence-corrected chi connectivity index (χ3v) is 3.98. The number of esters is 1. The molecule has 0 saturated carbocycles. The predicted molar refractivity (Wildman–Crippen MR) is 77.5 cm³/mol. The van der Waals surface area contributed by atoms with Gasteiger partial charge in [0.15, 0.2) is 0 Å². The van der Waals surface area contributed by atoms with Crippen LogP contribution in [0.1, 0.15) is 35.7 Å². The SMILES string of the molecule is COC(=O)c1cccc(CN2CCCC(C(C)O)C2)c1. The number of carbonyl (C=O) groups is 1. The Bertz CT molecular complexity index is 459. The molecule has 1 fully saturated rings. The smallest absolute Gasteiger partial charge is 0.337 e. The van der Waals surface area contributed by atoms with Gasteiger partial charge in [-0.3, -0.25) is 4.90 Å². The van der Waals surface area contributed by atoms with Gasteiger partial charge in [-0.2, -0.15) is 0 Å². The maximum Gasteiger partial charge on any atom is 0.337 e. The summed E-state index contributed by atoms with van der Waals surface area (Å²) in [4.78, 5) is 13.9. The van der Waals surface area contributed by atoms with Crippen molar-refractivity contribution in [1.29, 1.82) is 0 Å². The molecule has 1 aliphatic heterocycles. The third kappa shape index (κ3) is 3.81. The number of ether oxygens (including phenoxy) is 1. The molecule has 0 spiro atoms. The molecule has 1 saturated heterocycles. The molecule has 20 heavy (non-hydrogen) atoms.